The van der Waals surface area contributed by atoms with E-state index in [1.54, 1.807) is 19.1 Å². The third-order valence-corrected chi connectivity index (χ3v) is 6.24. The van der Waals surface area contributed by atoms with Crippen LogP contribution in [0.4, 0.5) is 5.69 Å². The van der Waals surface area contributed by atoms with Gasteiger partial charge in [-0.25, -0.2) is 4.79 Å². The van der Waals surface area contributed by atoms with Gasteiger partial charge in [-0.15, -0.1) is 0 Å². The molecule has 1 aromatic rings. The highest BCUT2D eigenvalue weighted by molar-refractivity contribution is 7.80. The number of nitrogens with zero attached hydrogens (tertiary/aromatic N) is 2. The fourth-order valence-corrected chi connectivity index (χ4v) is 4.49. The molecule has 148 valence electrons. The van der Waals surface area contributed by atoms with Crippen LogP contribution in [0.2, 0.25) is 0 Å². The molecule has 1 aliphatic heterocycles. The maximum Gasteiger partial charge on any atom is 0.338 e. The van der Waals surface area contributed by atoms with Gasteiger partial charge < -0.3 is 19.9 Å². The van der Waals surface area contributed by atoms with E-state index in [4.69, 9.17) is 17.0 Å². The zero-order valence-corrected chi connectivity index (χ0v) is 17.3. The quantitative estimate of drug-likeness (QED) is 0.609. The number of thiocarbonyl (C=S) groups is 1. The van der Waals surface area contributed by atoms with Crippen molar-refractivity contribution in [2.75, 3.05) is 32.1 Å². The van der Waals surface area contributed by atoms with Crippen LogP contribution in [0.3, 0.4) is 0 Å². The molecule has 0 atom stereocenters. The fraction of sp³-hybridized carbons (Fsp3) is 0.619. The van der Waals surface area contributed by atoms with Crippen LogP contribution in [0.5, 0.6) is 0 Å². The second kappa shape index (κ2) is 9.51. The van der Waals surface area contributed by atoms with Gasteiger partial charge in [0.2, 0.25) is 0 Å². The molecular formula is C21H31N3O2S. The SMILES string of the molecule is CCOC(=O)c1ccc(NC(=S)N2CCC(N(C)C3CCCC3)CC2)cc1. The molecule has 1 N–H and O–H groups in total. The third-order valence-electron chi connectivity index (χ3n) is 5.88. The van der Waals surface area contributed by atoms with Crippen LogP contribution in [0.1, 0.15) is 55.8 Å². The van der Waals surface area contributed by atoms with E-state index in [-0.39, 0.29) is 5.97 Å². The van der Waals surface area contributed by atoms with Crippen molar-refractivity contribution in [2.24, 2.45) is 0 Å². The molecule has 0 aromatic heterocycles. The minimum Gasteiger partial charge on any atom is -0.462 e. The van der Waals surface area contributed by atoms with Crippen LogP contribution in [-0.2, 0) is 4.74 Å². The summed E-state index contributed by atoms with van der Waals surface area (Å²) >= 11 is 5.60. The number of carbonyl (C=O) groups excluding carboxylic acids is 1. The number of piperidine rings is 1. The molecule has 0 spiro atoms. The van der Waals surface area contributed by atoms with Crippen LogP contribution in [0, 0.1) is 0 Å². The van der Waals surface area contributed by atoms with Crippen LogP contribution in [0.15, 0.2) is 24.3 Å². The van der Waals surface area contributed by atoms with Crippen molar-refractivity contribution in [2.45, 2.75) is 57.5 Å². The highest BCUT2D eigenvalue weighted by atomic mass is 32.1. The van der Waals surface area contributed by atoms with Crippen molar-refractivity contribution in [1.29, 1.82) is 0 Å². The number of carbonyl (C=O) groups is 1. The van der Waals surface area contributed by atoms with E-state index in [1.165, 1.54) is 25.7 Å². The highest BCUT2D eigenvalue weighted by Gasteiger charge is 2.29. The molecule has 1 aromatic carbocycles. The zero-order chi connectivity index (χ0) is 19.2. The number of hydrogen-bond acceptors (Lipinski definition) is 4. The van der Waals surface area contributed by atoms with Gasteiger partial charge in [0.05, 0.1) is 12.2 Å². The Labute approximate surface area is 168 Å². The van der Waals surface area contributed by atoms with Gasteiger partial charge in [0.1, 0.15) is 0 Å². The van der Waals surface area contributed by atoms with E-state index in [1.807, 2.05) is 12.1 Å². The Morgan fingerprint density at radius 2 is 1.74 bits per heavy atom. The molecule has 1 heterocycles. The zero-order valence-electron chi connectivity index (χ0n) is 16.4. The molecule has 2 aliphatic rings. The van der Waals surface area contributed by atoms with E-state index in [9.17, 15) is 4.79 Å². The topological polar surface area (TPSA) is 44.8 Å². The lowest BCUT2D eigenvalue weighted by Crippen LogP contribution is -2.48. The maximum absolute atomic E-state index is 11.7. The number of benzene rings is 1. The van der Waals surface area contributed by atoms with Gasteiger partial charge >= 0.3 is 5.97 Å². The molecule has 5 nitrogen and oxygen atoms in total. The van der Waals surface area contributed by atoms with Gasteiger partial charge in [0.15, 0.2) is 5.11 Å². The molecule has 27 heavy (non-hydrogen) atoms. The molecule has 0 unspecified atom stereocenters. The molecular weight excluding hydrogens is 358 g/mol. The Morgan fingerprint density at radius 3 is 2.33 bits per heavy atom. The second-order valence-corrected chi connectivity index (χ2v) is 7.94. The van der Waals surface area contributed by atoms with E-state index in [0.29, 0.717) is 18.2 Å². The van der Waals surface area contributed by atoms with Crippen molar-refractivity contribution in [1.82, 2.24) is 9.80 Å². The van der Waals surface area contributed by atoms with Gasteiger partial charge in [0, 0.05) is 30.9 Å². The first-order valence-electron chi connectivity index (χ1n) is 10.1. The summed E-state index contributed by atoms with van der Waals surface area (Å²) in [5, 5.41) is 4.07. The summed E-state index contributed by atoms with van der Waals surface area (Å²) in [7, 11) is 2.30. The molecule has 3 rings (SSSR count). The minimum atomic E-state index is -0.292. The predicted molar refractivity (Wildman–Crippen MR) is 113 cm³/mol. The average molecular weight is 390 g/mol. The fourth-order valence-electron chi connectivity index (χ4n) is 4.19. The summed E-state index contributed by atoms with van der Waals surface area (Å²) in [6.45, 7) is 4.18. The first-order valence-corrected chi connectivity index (χ1v) is 10.5. The van der Waals surface area contributed by atoms with Crippen molar-refractivity contribution in [3.8, 4) is 0 Å². The standard InChI is InChI=1S/C21H31N3O2S/c1-3-26-20(25)16-8-10-17(11-9-16)22-21(27)24-14-12-19(13-15-24)23(2)18-6-4-5-7-18/h8-11,18-19H,3-7,12-15H2,1-2H3,(H,22,27). The van der Waals surface area contributed by atoms with Gasteiger partial charge in [-0.2, -0.15) is 0 Å². The largest absolute Gasteiger partial charge is 0.462 e. The van der Waals surface area contributed by atoms with Crippen LogP contribution in [0.25, 0.3) is 0 Å². The highest BCUT2D eigenvalue weighted by Crippen LogP contribution is 2.27. The number of anilines is 1. The Balaban J connectivity index is 1.47. The lowest BCUT2D eigenvalue weighted by molar-refractivity contribution is 0.0526. The van der Waals surface area contributed by atoms with E-state index < -0.39 is 0 Å². The first kappa shape index (κ1) is 20.1. The molecule has 1 saturated heterocycles. The Bertz CT molecular complexity index is 635. The maximum atomic E-state index is 11.7. The Hall–Kier alpha value is -1.66. The van der Waals surface area contributed by atoms with Crippen LogP contribution >= 0.6 is 12.2 Å². The summed E-state index contributed by atoms with van der Waals surface area (Å²) in [5.41, 5.74) is 1.46. The van der Waals surface area contributed by atoms with E-state index in [2.05, 4.69) is 22.2 Å². The molecule has 0 amide bonds. The van der Waals surface area contributed by atoms with Gasteiger partial charge in [-0.1, -0.05) is 12.8 Å². The smallest absolute Gasteiger partial charge is 0.338 e. The van der Waals surface area contributed by atoms with Crippen molar-refractivity contribution in [3.05, 3.63) is 29.8 Å². The van der Waals surface area contributed by atoms with Crippen LogP contribution < -0.4 is 5.32 Å². The molecule has 0 bridgehead atoms. The van der Waals surface area contributed by atoms with E-state index >= 15 is 0 Å². The van der Waals surface area contributed by atoms with Gasteiger partial charge in [-0.3, -0.25) is 0 Å². The Morgan fingerprint density at radius 1 is 1.15 bits per heavy atom. The van der Waals surface area contributed by atoms with Gasteiger partial charge in [-0.05, 0) is 76.1 Å². The molecule has 1 saturated carbocycles. The number of nitrogens with one attached hydrogen (secondary N) is 1. The number of likely N-dealkylation sites (tertiary alicyclic amines) is 1. The Kier molecular flexibility index (Phi) is 7.07. The van der Waals surface area contributed by atoms with Gasteiger partial charge in [0.25, 0.3) is 0 Å². The summed E-state index contributed by atoms with van der Waals surface area (Å²) in [6.07, 6.45) is 7.82. The minimum absolute atomic E-state index is 0.292. The van der Waals surface area contributed by atoms with Crippen molar-refractivity contribution in [3.63, 3.8) is 0 Å². The number of ether oxygens (including phenoxy) is 1. The first-order chi connectivity index (χ1) is 13.1. The predicted octanol–water partition coefficient (Wildman–Crippen LogP) is 3.90. The molecule has 6 heteroatoms. The normalized spacial score (nSPS) is 18.7. The molecule has 1 aliphatic carbocycles. The third kappa shape index (κ3) is 5.20. The summed E-state index contributed by atoms with van der Waals surface area (Å²) in [6, 6.07) is 8.75. The number of esters is 1. The average Bonchev–Trinajstić information content (AvgIpc) is 3.23. The monoisotopic (exact) mass is 389 g/mol. The molecule has 2 fully saturated rings. The number of hydrogen-bond donors (Lipinski definition) is 1. The number of rotatable bonds is 5. The summed E-state index contributed by atoms with van der Waals surface area (Å²) in [4.78, 5) is 16.6. The van der Waals surface area contributed by atoms with Crippen molar-refractivity contribution < 1.29 is 9.53 Å². The summed E-state index contributed by atoms with van der Waals surface area (Å²) in [5.74, 6) is -0.292. The molecule has 0 radical (unpaired) electrons. The lowest BCUT2D eigenvalue weighted by atomic mass is 10.0. The van der Waals surface area contributed by atoms with Crippen molar-refractivity contribution >= 4 is 29.0 Å². The summed E-state index contributed by atoms with van der Waals surface area (Å²) < 4.78 is 5.01. The van der Waals surface area contributed by atoms with Crippen LogP contribution in [-0.4, -0.2) is 59.7 Å². The lowest BCUT2D eigenvalue weighted by Gasteiger charge is -2.40. The van der Waals surface area contributed by atoms with E-state index in [0.717, 1.165) is 42.8 Å². The second-order valence-electron chi connectivity index (χ2n) is 7.55.